The highest BCUT2D eigenvalue weighted by Crippen LogP contribution is 2.23. The van der Waals surface area contributed by atoms with Gasteiger partial charge in [0.1, 0.15) is 6.54 Å². The maximum Gasteiger partial charge on any atom is 0.243 e. The number of halogens is 1. The number of rotatable bonds is 6. The average Bonchev–Trinajstić information content (AvgIpc) is 3.05. The minimum atomic E-state index is 0. The first-order valence-electron chi connectivity index (χ1n) is 8.82. The van der Waals surface area contributed by atoms with Crippen LogP contribution in [-0.2, 0) is 11.2 Å². The molecule has 1 aromatic heterocycles. The Balaban J connectivity index is 0.00000312. The van der Waals surface area contributed by atoms with Crippen LogP contribution in [0.25, 0.3) is 0 Å². The smallest absolute Gasteiger partial charge is 0.243 e. The summed E-state index contributed by atoms with van der Waals surface area (Å²) < 4.78 is 0. The quantitative estimate of drug-likeness (QED) is 0.376. The molecule has 1 aliphatic carbocycles. The number of nitrogens with zero attached hydrogens (tertiary/aromatic N) is 2. The first-order valence-corrected chi connectivity index (χ1v) is 9.70. The standard InChI is InChI=1S/C18H30N4OS.HI/c1-14-6-4-7-15(12-14)21-18(20-13-17(23)22(2)3)19-10-9-16-8-5-11-24-16;/h5,8,11,14-15H,4,6-7,9-10,12-13H2,1-3H3,(H2,19,20,21);1H. The van der Waals surface area contributed by atoms with Crippen molar-refractivity contribution in [2.24, 2.45) is 10.9 Å². The Labute approximate surface area is 172 Å². The number of aliphatic imine (C=N–C) groups is 1. The molecule has 1 amide bonds. The van der Waals surface area contributed by atoms with E-state index in [2.05, 4.69) is 40.1 Å². The number of thiophene rings is 1. The predicted octanol–water partition coefficient (Wildman–Crippen LogP) is 3.11. The van der Waals surface area contributed by atoms with Gasteiger partial charge < -0.3 is 15.5 Å². The van der Waals surface area contributed by atoms with Gasteiger partial charge in [0.25, 0.3) is 0 Å². The van der Waals surface area contributed by atoms with Crippen LogP contribution in [0.1, 0.15) is 37.5 Å². The molecule has 0 bridgehead atoms. The molecule has 2 atom stereocenters. The summed E-state index contributed by atoms with van der Waals surface area (Å²) in [4.78, 5) is 19.2. The SMILES string of the molecule is CC1CCCC(NC(=NCC(=O)N(C)C)NCCc2cccs2)C1.I. The second-order valence-electron chi connectivity index (χ2n) is 6.82. The summed E-state index contributed by atoms with van der Waals surface area (Å²) in [6.07, 6.45) is 5.90. The maximum absolute atomic E-state index is 11.8. The predicted molar refractivity (Wildman–Crippen MR) is 117 cm³/mol. The van der Waals surface area contributed by atoms with Gasteiger partial charge in [-0.15, -0.1) is 35.3 Å². The molecule has 142 valence electrons. The molecule has 0 saturated heterocycles. The van der Waals surface area contributed by atoms with Crippen molar-refractivity contribution in [2.75, 3.05) is 27.2 Å². The van der Waals surface area contributed by atoms with Gasteiger partial charge in [0.05, 0.1) is 0 Å². The summed E-state index contributed by atoms with van der Waals surface area (Å²) in [6.45, 7) is 3.32. The molecule has 0 radical (unpaired) electrons. The summed E-state index contributed by atoms with van der Waals surface area (Å²) in [6, 6.07) is 4.68. The Kier molecular flexibility index (Phi) is 10.4. The number of carbonyl (C=O) groups excluding carboxylic acids is 1. The lowest BCUT2D eigenvalue weighted by Gasteiger charge is -2.29. The van der Waals surface area contributed by atoms with Crippen LogP contribution < -0.4 is 10.6 Å². The van der Waals surface area contributed by atoms with Crippen LogP contribution in [0.3, 0.4) is 0 Å². The molecule has 1 fully saturated rings. The van der Waals surface area contributed by atoms with Crippen molar-refractivity contribution < 1.29 is 4.79 Å². The molecule has 2 N–H and O–H groups in total. The molecule has 1 aliphatic rings. The third-order valence-corrected chi connectivity index (χ3v) is 5.33. The molecule has 1 aromatic rings. The molecule has 25 heavy (non-hydrogen) atoms. The monoisotopic (exact) mass is 478 g/mol. The van der Waals surface area contributed by atoms with E-state index in [0.717, 1.165) is 24.8 Å². The zero-order valence-electron chi connectivity index (χ0n) is 15.5. The van der Waals surface area contributed by atoms with Crippen LogP contribution >= 0.6 is 35.3 Å². The summed E-state index contributed by atoms with van der Waals surface area (Å²) in [5.41, 5.74) is 0. The van der Waals surface area contributed by atoms with Crippen LogP contribution in [0.5, 0.6) is 0 Å². The Morgan fingerprint density at radius 3 is 2.84 bits per heavy atom. The molecule has 5 nitrogen and oxygen atoms in total. The first kappa shape index (κ1) is 22.2. The molecule has 2 rings (SSSR count). The van der Waals surface area contributed by atoms with Crippen molar-refractivity contribution >= 4 is 47.2 Å². The second kappa shape index (κ2) is 11.7. The lowest BCUT2D eigenvalue weighted by molar-refractivity contribution is -0.127. The van der Waals surface area contributed by atoms with Crippen molar-refractivity contribution in [1.29, 1.82) is 0 Å². The van der Waals surface area contributed by atoms with E-state index in [1.54, 1.807) is 30.3 Å². The van der Waals surface area contributed by atoms with E-state index in [0.29, 0.717) is 6.04 Å². The van der Waals surface area contributed by atoms with Crippen molar-refractivity contribution in [3.05, 3.63) is 22.4 Å². The fourth-order valence-corrected chi connectivity index (χ4v) is 3.67. The van der Waals surface area contributed by atoms with Crippen LogP contribution in [0.15, 0.2) is 22.5 Å². The van der Waals surface area contributed by atoms with E-state index >= 15 is 0 Å². The molecular weight excluding hydrogens is 447 g/mol. The van der Waals surface area contributed by atoms with Gasteiger partial charge in [-0.1, -0.05) is 25.8 Å². The van der Waals surface area contributed by atoms with Gasteiger partial charge >= 0.3 is 0 Å². The minimum absolute atomic E-state index is 0. The fourth-order valence-electron chi connectivity index (χ4n) is 2.96. The number of hydrogen-bond acceptors (Lipinski definition) is 3. The van der Waals surface area contributed by atoms with Crippen LogP contribution in [-0.4, -0.2) is 50.0 Å². The Bertz CT molecular complexity index is 533. The minimum Gasteiger partial charge on any atom is -0.356 e. The molecule has 0 aromatic carbocycles. The topological polar surface area (TPSA) is 56.7 Å². The van der Waals surface area contributed by atoms with E-state index in [1.165, 1.54) is 30.6 Å². The lowest BCUT2D eigenvalue weighted by Crippen LogP contribution is -2.46. The third-order valence-electron chi connectivity index (χ3n) is 4.39. The number of likely N-dealkylation sites (N-methyl/N-ethyl adjacent to an activating group) is 1. The van der Waals surface area contributed by atoms with Crippen LogP contribution in [0.4, 0.5) is 0 Å². The van der Waals surface area contributed by atoms with E-state index < -0.39 is 0 Å². The van der Waals surface area contributed by atoms with Crippen LogP contribution in [0, 0.1) is 5.92 Å². The third kappa shape index (κ3) is 8.40. The Morgan fingerprint density at radius 1 is 1.40 bits per heavy atom. The van der Waals surface area contributed by atoms with Gasteiger partial charge in [0.2, 0.25) is 5.91 Å². The van der Waals surface area contributed by atoms with Gasteiger partial charge in [0, 0.05) is 31.6 Å². The summed E-state index contributed by atoms with van der Waals surface area (Å²) in [5.74, 6) is 1.54. The molecule has 0 aliphatic heterocycles. The molecule has 7 heteroatoms. The van der Waals surface area contributed by atoms with Crippen molar-refractivity contribution in [3.8, 4) is 0 Å². The maximum atomic E-state index is 11.8. The van der Waals surface area contributed by atoms with E-state index in [9.17, 15) is 4.79 Å². The first-order chi connectivity index (χ1) is 11.5. The molecular formula is C18H31IN4OS. The summed E-state index contributed by atoms with van der Waals surface area (Å²) in [5, 5.41) is 9.02. The highest BCUT2D eigenvalue weighted by atomic mass is 127. The Hall–Kier alpha value is -0.830. The molecule has 2 unspecified atom stereocenters. The van der Waals surface area contributed by atoms with Crippen molar-refractivity contribution in [1.82, 2.24) is 15.5 Å². The molecule has 1 saturated carbocycles. The van der Waals surface area contributed by atoms with Crippen LogP contribution in [0.2, 0.25) is 0 Å². The van der Waals surface area contributed by atoms with E-state index in [-0.39, 0.29) is 36.4 Å². The van der Waals surface area contributed by atoms with E-state index in [4.69, 9.17) is 0 Å². The highest BCUT2D eigenvalue weighted by Gasteiger charge is 2.19. The number of nitrogens with one attached hydrogen (secondary N) is 2. The molecule has 0 spiro atoms. The zero-order chi connectivity index (χ0) is 17.4. The number of amides is 1. The van der Waals surface area contributed by atoms with Gasteiger partial charge in [-0.05, 0) is 36.6 Å². The summed E-state index contributed by atoms with van der Waals surface area (Å²) in [7, 11) is 3.52. The largest absolute Gasteiger partial charge is 0.356 e. The van der Waals surface area contributed by atoms with Gasteiger partial charge in [0.15, 0.2) is 5.96 Å². The van der Waals surface area contributed by atoms with Gasteiger partial charge in [-0.2, -0.15) is 0 Å². The lowest BCUT2D eigenvalue weighted by atomic mass is 9.87. The normalized spacial score (nSPS) is 20.5. The number of guanidine groups is 1. The second-order valence-corrected chi connectivity index (χ2v) is 7.85. The zero-order valence-corrected chi connectivity index (χ0v) is 18.6. The van der Waals surface area contributed by atoms with Crippen molar-refractivity contribution in [2.45, 2.75) is 45.1 Å². The van der Waals surface area contributed by atoms with Gasteiger partial charge in [-0.3, -0.25) is 4.79 Å². The number of carbonyl (C=O) groups is 1. The number of hydrogen-bond donors (Lipinski definition) is 2. The van der Waals surface area contributed by atoms with Gasteiger partial charge in [-0.25, -0.2) is 4.99 Å². The fraction of sp³-hybridized carbons (Fsp3) is 0.667. The van der Waals surface area contributed by atoms with E-state index in [1.807, 2.05) is 0 Å². The molecule has 1 heterocycles. The summed E-state index contributed by atoms with van der Waals surface area (Å²) >= 11 is 1.77. The Morgan fingerprint density at radius 2 is 2.20 bits per heavy atom. The van der Waals surface area contributed by atoms with Crippen molar-refractivity contribution in [3.63, 3.8) is 0 Å². The highest BCUT2D eigenvalue weighted by molar-refractivity contribution is 14.0. The average molecular weight is 478 g/mol.